The Balaban J connectivity index is 2.18. The molecule has 7 nitrogen and oxygen atoms in total. The third-order valence-corrected chi connectivity index (χ3v) is 3.98. The van der Waals surface area contributed by atoms with Crippen molar-refractivity contribution in [2.24, 2.45) is 5.92 Å². The van der Waals surface area contributed by atoms with Gasteiger partial charge in [-0.1, -0.05) is 6.92 Å². The molecule has 1 fully saturated rings. The largest absolute Gasteiger partial charge is 0.382 e. The minimum atomic E-state index is -0.137. The minimum Gasteiger partial charge on any atom is -0.382 e. The topological polar surface area (TPSA) is 93.7 Å². The molecule has 0 aliphatic heterocycles. The van der Waals surface area contributed by atoms with Gasteiger partial charge >= 0.3 is 0 Å². The third-order valence-electron chi connectivity index (χ3n) is 3.98. The number of amides is 2. The van der Waals surface area contributed by atoms with E-state index in [4.69, 9.17) is 9.47 Å². The fourth-order valence-corrected chi connectivity index (χ4v) is 2.53. The molecule has 0 aromatic heterocycles. The maximum Gasteiger partial charge on any atom is 0.246 e. The number of carbonyl (C=O) groups is 3. The van der Waals surface area contributed by atoms with Gasteiger partial charge in [0.1, 0.15) is 6.61 Å². The fraction of sp³-hybridized carbons (Fsp3) is 0.812. The lowest BCUT2D eigenvalue weighted by molar-refractivity contribution is -0.129. The summed E-state index contributed by atoms with van der Waals surface area (Å²) >= 11 is 0. The zero-order chi connectivity index (χ0) is 17.1. The summed E-state index contributed by atoms with van der Waals surface area (Å²) in [6, 6.07) is 0.0925. The van der Waals surface area contributed by atoms with E-state index >= 15 is 0 Å². The van der Waals surface area contributed by atoms with E-state index in [9.17, 15) is 14.4 Å². The maximum atomic E-state index is 12.0. The van der Waals surface area contributed by atoms with E-state index in [-0.39, 0.29) is 42.7 Å². The average molecular weight is 328 g/mol. The van der Waals surface area contributed by atoms with Crippen LogP contribution in [-0.2, 0) is 23.9 Å². The van der Waals surface area contributed by atoms with Crippen LogP contribution in [0.3, 0.4) is 0 Å². The first kappa shape index (κ1) is 19.6. The molecular weight excluding hydrogens is 300 g/mol. The molecule has 1 aliphatic rings. The lowest BCUT2D eigenvalue weighted by Gasteiger charge is -2.28. The Morgan fingerprint density at radius 1 is 1.09 bits per heavy atom. The molecule has 0 aromatic carbocycles. The van der Waals surface area contributed by atoms with Gasteiger partial charge in [-0.2, -0.15) is 0 Å². The molecule has 23 heavy (non-hydrogen) atoms. The number of hydrogen-bond donors (Lipinski definition) is 2. The van der Waals surface area contributed by atoms with E-state index in [0.717, 1.165) is 25.7 Å². The summed E-state index contributed by atoms with van der Waals surface area (Å²) in [4.78, 5) is 34.9. The van der Waals surface area contributed by atoms with Crippen LogP contribution in [0.25, 0.3) is 0 Å². The molecule has 1 aliphatic carbocycles. The van der Waals surface area contributed by atoms with Crippen molar-refractivity contribution in [2.75, 3.05) is 33.5 Å². The predicted octanol–water partition coefficient (Wildman–Crippen LogP) is 0.420. The predicted molar refractivity (Wildman–Crippen MR) is 84.9 cm³/mol. The maximum absolute atomic E-state index is 12.0. The molecule has 0 aromatic rings. The van der Waals surface area contributed by atoms with Gasteiger partial charge in [0.2, 0.25) is 11.8 Å². The van der Waals surface area contributed by atoms with Crippen molar-refractivity contribution in [3.63, 3.8) is 0 Å². The molecule has 2 amide bonds. The smallest absolute Gasteiger partial charge is 0.246 e. The molecule has 0 unspecified atom stereocenters. The van der Waals surface area contributed by atoms with Crippen LogP contribution in [0.2, 0.25) is 0 Å². The number of methoxy groups -OCH3 is 1. The molecule has 0 heterocycles. The van der Waals surface area contributed by atoms with E-state index in [1.54, 1.807) is 14.0 Å². The van der Waals surface area contributed by atoms with Crippen LogP contribution in [0.15, 0.2) is 0 Å². The Bertz CT molecular complexity index is 392. The monoisotopic (exact) mass is 328 g/mol. The molecule has 1 rings (SSSR count). The van der Waals surface area contributed by atoms with E-state index < -0.39 is 0 Å². The van der Waals surface area contributed by atoms with Gasteiger partial charge in [-0.05, 0) is 25.7 Å². The van der Waals surface area contributed by atoms with Gasteiger partial charge in [-0.25, -0.2) is 0 Å². The highest BCUT2D eigenvalue weighted by atomic mass is 16.5. The Labute approximate surface area is 137 Å². The Morgan fingerprint density at radius 2 is 1.78 bits per heavy atom. The Kier molecular flexibility index (Phi) is 9.47. The second kappa shape index (κ2) is 11.1. The first-order valence-electron chi connectivity index (χ1n) is 8.22. The van der Waals surface area contributed by atoms with E-state index in [1.165, 1.54) is 0 Å². The highest BCUT2D eigenvalue weighted by Gasteiger charge is 2.27. The summed E-state index contributed by atoms with van der Waals surface area (Å²) < 4.78 is 10.0. The number of Topliss-reactive ketones (excluding diaryl/α,β-unsaturated/α-hetero) is 1. The highest BCUT2D eigenvalue weighted by molar-refractivity contribution is 5.86. The number of carbonyl (C=O) groups excluding carboxylic acids is 3. The number of ketones is 1. The molecule has 0 saturated heterocycles. The van der Waals surface area contributed by atoms with Crippen LogP contribution in [-0.4, -0.2) is 57.1 Å². The quantitative estimate of drug-likeness (QED) is 0.567. The summed E-state index contributed by atoms with van der Waals surface area (Å²) in [7, 11) is 1.58. The van der Waals surface area contributed by atoms with Gasteiger partial charge in [0.15, 0.2) is 5.78 Å². The summed E-state index contributed by atoms with van der Waals surface area (Å²) in [6.07, 6.45) is 3.42. The van der Waals surface area contributed by atoms with Crippen LogP contribution in [0.5, 0.6) is 0 Å². The van der Waals surface area contributed by atoms with Gasteiger partial charge in [0.25, 0.3) is 0 Å². The average Bonchev–Trinajstić information content (AvgIpc) is 2.57. The van der Waals surface area contributed by atoms with Gasteiger partial charge in [-0.3, -0.25) is 14.4 Å². The number of rotatable bonds is 10. The number of hydrogen-bond acceptors (Lipinski definition) is 5. The van der Waals surface area contributed by atoms with Crippen molar-refractivity contribution < 1.29 is 23.9 Å². The van der Waals surface area contributed by atoms with Crippen LogP contribution >= 0.6 is 0 Å². The zero-order valence-electron chi connectivity index (χ0n) is 14.1. The van der Waals surface area contributed by atoms with E-state index in [1.807, 2.05) is 0 Å². The second-order valence-corrected chi connectivity index (χ2v) is 5.77. The highest BCUT2D eigenvalue weighted by Crippen LogP contribution is 2.24. The van der Waals surface area contributed by atoms with Crippen molar-refractivity contribution >= 4 is 17.6 Å². The van der Waals surface area contributed by atoms with E-state index in [2.05, 4.69) is 10.6 Å². The minimum absolute atomic E-state index is 0.0307. The standard InChI is InChI=1S/C16H28N2O5/c1-3-14(19)10-17-16(21)12-4-6-13(7-5-12)18-15(20)11-23-9-8-22-2/h12-13H,3-11H2,1-2H3,(H,17,21)(H,18,20). The molecule has 132 valence electrons. The molecule has 0 bridgehead atoms. The summed E-state index contributed by atoms with van der Waals surface area (Å²) in [6.45, 7) is 2.79. The second-order valence-electron chi connectivity index (χ2n) is 5.77. The lowest BCUT2D eigenvalue weighted by atomic mass is 9.85. The van der Waals surface area contributed by atoms with Crippen molar-refractivity contribution in [3.05, 3.63) is 0 Å². The molecule has 1 saturated carbocycles. The number of nitrogens with one attached hydrogen (secondary N) is 2. The first-order chi connectivity index (χ1) is 11.1. The van der Waals surface area contributed by atoms with Crippen molar-refractivity contribution in [2.45, 2.75) is 45.1 Å². The zero-order valence-corrected chi connectivity index (χ0v) is 14.1. The van der Waals surface area contributed by atoms with Crippen LogP contribution in [0, 0.1) is 5.92 Å². The molecule has 0 radical (unpaired) electrons. The SMILES string of the molecule is CCC(=O)CNC(=O)C1CCC(NC(=O)COCCOC)CC1. The van der Waals surface area contributed by atoms with Crippen molar-refractivity contribution in [1.29, 1.82) is 0 Å². The molecule has 0 atom stereocenters. The summed E-state index contributed by atoms with van der Waals surface area (Å²) in [5.41, 5.74) is 0. The molecule has 2 N–H and O–H groups in total. The Morgan fingerprint density at radius 3 is 2.39 bits per heavy atom. The third kappa shape index (κ3) is 8.08. The van der Waals surface area contributed by atoms with Gasteiger partial charge < -0.3 is 20.1 Å². The molecule has 7 heteroatoms. The summed E-state index contributed by atoms with van der Waals surface area (Å²) in [5, 5.41) is 5.61. The van der Waals surface area contributed by atoms with Crippen LogP contribution in [0.4, 0.5) is 0 Å². The van der Waals surface area contributed by atoms with Gasteiger partial charge in [-0.15, -0.1) is 0 Å². The molecule has 0 spiro atoms. The van der Waals surface area contributed by atoms with E-state index in [0.29, 0.717) is 19.6 Å². The lowest BCUT2D eigenvalue weighted by Crippen LogP contribution is -2.42. The van der Waals surface area contributed by atoms with Crippen molar-refractivity contribution in [3.8, 4) is 0 Å². The normalized spacial score (nSPS) is 20.8. The Hall–Kier alpha value is -1.47. The fourth-order valence-electron chi connectivity index (χ4n) is 2.53. The molecular formula is C16H28N2O5. The van der Waals surface area contributed by atoms with Gasteiger partial charge in [0, 0.05) is 25.5 Å². The van der Waals surface area contributed by atoms with Crippen LogP contribution in [0.1, 0.15) is 39.0 Å². The van der Waals surface area contributed by atoms with Gasteiger partial charge in [0.05, 0.1) is 19.8 Å². The summed E-state index contributed by atoms with van der Waals surface area (Å²) in [5.74, 6) is -0.222. The number of ether oxygens (including phenoxy) is 2. The first-order valence-corrected chi connectivity index (χ1v) is 8.22. The van der Waals surface area contributed by atoms with Crippen LogP contribution < -0.4 is 10.6 Å². The van der Waals surface area contributed by atoms with Crippen molar-refractivity contribution in [1.82, 2.24) is 10.6 Å².